The van der Waals surface area contributed by atoms with Gasteiger partial charge in [-0.15, -0.1) is 0 Å². The predicted molar refractivity (Wildman–Crippen MR) is 129 cm³/mol. The first kappa shape index (κ1) is 19.8. The van der Waals surface area contributed by atoms with Crippen molar-refractivity contribution in [1.29, 1.82) is 0 Å². The molecule has 0 spiro atoms. The van der Waals surface area contributed by atoms with E-state index in [4.69, 9.17) is 21.0 Å². The quantitative estimate of drug-likeness (QED) is 0.297. The summed E-state index contributed by atoms with van der Waals surface area (Å²) in [5.41, 5.74) is 5.03. The van der Waals surface area contributed by atoms with Crippen LogP contribution in [-0.4, -0.2) is 9.38 Å². The van der Waals surface area contributed by atoms with E-state index in [0.29, 0.717) is 38.7 Å². The first-order valence-corrected chi connectivity index (χ1v) is 10.8. The Morgan fingerprint density at radius 3 is 2.65 bits per heavy atom. The lowest BCUT2D eigenvalue weighted by Gasteiger charge is -2.14. The minimum Gasteiger partial charge on any atom is -0.463 e. The van der Waals surface area contributed by atoms with E-state index in [9.17, 15) is 4.79 Å². The minimum absolute atomic E-state index is 0.184. The van der Waals surface area contributed by atoms with Crippen molar-refractivity contribution in [2.24, 2.45) is 0 Å². The second-order valence-electron chi connectivity index (χ2n) is 7.40. The first-order chi connectivity index (χ1) is 14.9. The molecule has 3 heterocycles. The molecule has 0 aliphatic carbocycles. The molecule has 5 aromatic rings. The Labute approximate surface area is 191 Å². The van der Waals surface area contributed by atoms with Crippen molar-refractivity contribution < 1.29 is 4.42 Å². The molecule has 0 amide bonds. The molecule has 0 saturated carbocycles. The number of hydrogen-bond donors (Lipinski definition) is 1. The van der Waals surface area contributed by atoms with E-state index in [0.717, 1.165) is 21.3 Å². The Bertz CT molecular complexity index is 1520. The van der Waals surface area contributed by atoms with Crippen molar-refractivity contribution in [1.82, 2.24) is 9.38 Å². The first-order valence-electron chi connectivity index (χ1n) is 9.64. The molecule has 5 nitrogen and oxygen atoms in total. The Morgan fingerprint density at radius 1 is 1.10 bits per heavy atom. The molecule has 5 rings (SSSR count). The van der Waals surface area contributed by atoms with Crippen LogP contribution in [0.5, 0.6) is 0 Å². The van der Waals surface area contributed by atoms with Crippen molar-refractivity contribution in [3.05, 3.63) is 91.8 Å². The molecule has 3 aromatic heterocycles. The van der Waals surface area contributed by atoms with E-state index in [-0.39, 0.29) is 5.43 Å². The predicted octanol–water partition coefficient (Wildman–Crippen LogP) is 6.88. The van der Waals surface area contributed by atoms with Crippen molar-refractivity contribution >= 4 is 55.7 Å². The number of anilines is 2. The highest BCUT2D eigenvalue weighted by atomic mass is 79.9. The smallest absolute Gasteiger partial charge is 0.202 e. The van der Waals surface area contributed by atoms with Crippen LogP contribution in [0.3, 0.4) is 0 Å². The molecule has 7 heteroatoms. The van der Waals surface area contributed by atoms with Gasteiger partial charge < -0.3 is 9.73 Å². The fourth-order valence-corrected chi connectivity index (χ4v) is 4.23. The second kappa shape index (κ2) is 7.55. The molecule has 0 aliphatic rings. The molecule has 0 atom stereocenters. The standard InChI is InChI=1S/C24H17BrClN3O2/c1-13-4-3-5-14(2)21(13)28-24-22(27-20-9-6-15(25)11-29(20)24)18-12-31-19-8-7-16(26)10-17(19)23(18)30/h3-12,28H,1-2H3. The summed E-state index contributed by atoms with van der Waals surface area (Å²) in [6.07, 6.45) is 3.38. The Kier molecular flexibility index (Phi) is 4.84. The zero-order valence-electron chi connectivity index (χ0n) is 16.7. The van der Waals surface area contributed by atoms with E-state index < -0.39 is 0 Å². The molecule has 0 fully saturated rings. The van der Waals surface area contributed by atoms with Crippen LogP contribution < -0.4 is 10.7 Å². The van der Waals surface area contributed by atoms with Crippen LogP contribution in [0.25, 0.3) is 27.9 Å². The second-order valence-corrected chi connectivity index (χ2v) is 8.75. The Morgan fingerprint density at radius 2 is 1.87 bits per heavy atom. The number of hydrogen-bond acceptors (Lipinski definition) is 4. The van der Waals surface area contributed by atoms with Gasteiger partial charge in [-0.1, -0.05) is 29.8 Å². The van der Waals surface area contributed by atoms with E-state index in [2.05, 4.69) is 21.2 Å². The number of benzene rings is 2. The minimum atomic E-state index is -0.184. The Balaban J connectivity index is 1.80. The number of nitrogens with one attached hydrogen (secondary N) is 1. The third-order valence-corrected chi connectivity index (χ3v) is 6.00. The molecular weight excluding hydrogens is 478 g/mol. The lowest BCUT2D eigenvalue weighted by molar-refractivity contribution is 0.604. The molecule has 2 aromatic carbocycles. The monoisotopic (exact) mass is 493 g/mol. The third-order valence-electron chi connectivity index (χ3n) is 5.30. The summed E-state index contributed by atoms with van der Waals surface area (Å²) in [7, 11) is 0. The van der Waals surface area contributed by atoms with Crippen molar-refractivity contribution in [2.75, 3.05) is 5.32 Å². The summed E-state index contributed by atoms with van der Waals surface area (Å²) in [4.78, 5) is 18.1. The average Bonchev–Trinajstić information content (AvgIpc) is 3.09. The number of pyridine rings is 1. The van der Waals surface area contributed by atoms with Gasteiger partial charge in [-0.3, -0.25) is 9.20 Å². The molecule has 0 radical (unpaired) electrons. The Hall–Kier alpha value is -3.09. The van der Waals surface area contributed by atoms with Gasteiger partial charge in [-0.25, -0.2) is 4.98 Å². The van der Waals surface area contributed by atoms with Gasteiger partial charge in [0.25, 0.3) is 0 Å². The summed E-state index contributed by atoms with van der Waals surface area (Å²) in [5, 5.41) is 4.41. The largest absolute Gasteiger partial charge is 0.463 e. The number of nitrogens with zero attached hydrogens (tertiary/aromatic N) is 2. The molecule has 0 saturated heterocycles. The summed E-state index contributed by atoms with van der Waals surface area (Å²) in [6.45, 7) is 4.08. The fourth-order valence-electron chi connectivity index (χ4n) is 3.72. The molecule has 1 N–H and O–H groups in total. The van der Waals surface area contributed by atoms with Crippen LogP contribution in [-0.2, 0) is 0 Å². The number of para-hydroxylation sites is 1. The molecule has 31 heavy (non-hydrogen) atoms. The van der Waals surface area contributed by atoms with E-state index in [1.54, 1.807) is 18.2 Å². The summed E-state index contributed by atoms with van der Waals surface area (Å²) in [6, 6.07) is 14.9. The summed E-state index contributed by atoms with van der Waals surface area (Å²) in [5.74, 6) is 0.683. The number of halogens is 2. The maximum Gasteiger partial charge on any atom is 0.202 e. The van der Waals surface area contributed by atoms with Crippen LogP contribution in [0.15, 0.2) is 74.7 Å². The van der Waals surface area contributed by atoms with Gasteiger partial charge in [0, 0.05) is 21.4 Å². The lowest BCUT2D eigenvalue weighted by atomic mass is 10.1. The van der Waals surface area contributed by atoms with Crippen molar-refractivity contribution in [2.45, 2.75) is 13.8 Å². The maximum atomic E-state index is 13.4. The summed E-state index contributed by atoms with van der Waals surface area (Å²) < 4.78 is 8.58. The van der Waals surface area contributed by atoms with E-state index in [1.165, 1.54) is 6.26 Å². The van der Waals surface area contributed by atoms with Crippen LogP contribution in [0.4, 0.5) is 11.5 Å². The maximum absolute atomic E-state index is 13.4. The zero-order chi connectivity index (χ0) is 21.7. The molecular formula is C24H17BrClN3O2. The summed E-state index contributed by atoms with van der Waals surface area (Å²) >= 11 is 9.66. The SMILES string of the molecule is Cc1cccc(C)c1Nc1c(-c2coc3ccc(Cl)cc3c2=O)nc2ccc(Br)cn12. The highest BCUT2D eigenvalue weighted by Crippen LogP contribution is 2.33. The van der Waals surface area contributed by atoms with Crippen LogP contribution >= 0.6 is 27.5 Å². The van der Waals surface area contributed by atoms with Gasteiger partial charge in [0.1, 0.15) is 29.0 Å². The topological polar surface area (TPSA) is 59.5 Å². The number of rotatable bonds is 3. The van der Waals surface area contributed by atoms with Crippen molar-refractivity contribution in [3.8, 4) is 11.3 Å². The van der Waals surface area contributed by atoms with Gasteiger partial charge in [0.15, 0.2) is 0 Å². The number of fused-ring (bicyclic) bond motifs is 2. The van der Waals surface area contributed by atoms with Gasteiger partial charge in [0.2, 0.25) is 5.43 Å². The molecule has 154 valence electrons. The number of aromatic nitrogens is 2. The zero-order valence-corrected chi connectivity index (χ0v) is 19.1. The van der Waals surface area contributed by atoms with Crippen molar-refractivity contribution in [3.63, 3.8) is 0 Å². The average molecular weight is 495 g/mol. The van der Waals surface area contributed by atoms with Gasteiger partial charge in [-0.05, 0) is 71.2 Å². The fraction of sp³-hybridized carbons (Fsp3) is 0.0833. The van der Waals surface area contributed by atoms with Gasteiger partial charge in [-0.2, -0.15) is 0 Å². The van der Waals surface area contributed by atoms with Crippen LogP contribution in [0, 0.1) is 13.8 Å². The van der Waals surface area contributed by atoms with E-state index >= 15 is 0 Å². The molecule has 0 unspecified atom stereocenters. The van der Waals surface area contributed by atoms with Gasteiger partial charge >= 0.3 is 0 Å². The molecule has 0 bridgehead atoms. The van der Waals surface area contributed by atoms with Crippen LogP contribution in [0.1, 0.15) is 11.1 Å². The number of imidazole rings is 1. The van der Waals surface area contributed by atoms with Gasteiger partial charge in [0.05, 0.1) is 10.9 Å². The van der Waals surface area contributed by atoms with E-state index in [1.807, 2.05) is 54.8 Å². The highest BCUT2D eigenvalue weighted by Gasteiger charge is 2.20. The number of aryl methyl sites for hydroxylation is 2. The highest BCUT2D eigenvalue weighted by molar-refractivity contribution is 9.10. The normalized spacial score (nSPS) is 11.4. The lowest BCUT2D eigenvalue weighted by Crippen LogP contribution is -2.07. The third kappa shape index (κ3) is 3.42. The molecule has 0 aliphatic heterocycles. The van der Waals surface area contributed by atoms with Crippen LogP contribution in [0.2, 0.25) is 5.02 Å².